The average Bonchev–Trinajstić information content (AvgIpc) is 3.60. The Kier molecular flexibility index (Phi) is 8.33. The van der Waals surface area contributed by atoms with Crippen LogP contribution >= 0.6 is 11.8 Å². The van der Waals surface area contributed by atoms with Crippen molar-refractivity contribution in [2.24, 2.45) is 10.1 Å². The van der Waals surface area contributed by atoms with Crippen molar-refractivity contribution in [3.05, 3.63) is 90.3 Å². The van der Waals surface area contributed by atoms with Crippen LogP contribution in [0.5, 0.6) is 5.75 Å². The zero-order valence-electron chi connectivity index (χ0n) is 21.9. The third-order valence-electron chi connectivity index (χ3n) is 5.92. The van der Waals surface area contributed by atoms with Crippen LogP contribution in [0.25, 0.3) is 17.1 Å². The van der Waals surface area contributed by atoms with Gasteiger partial charge in [0, 0.05) is 5.56 Å². The van der Waals surface area contributed by atoms with Crippen molar-refractivity contribution in [2.75, 3.05) is 10.7 Å². The van der Waals surface area contributed by atoms with Crippen LogP contribution in [0.15, 0.2) is 89.2 Å². The maximum absolute atomic E-state index is 12.5. The van der Waals surface area contributed by atoms with E-state index in [-0.39, 0.29) is 22.6 Å². The predicted molar refractivity (Wildman–Crippen MR) is 153 cm³/mol. The summed E-state index contributed by atoms with van der Waals surface area (Å²) in [4.78, 5) is 34.8. The molecule has 1 aliphatic heterocycles. The lowest BCUT2D eigenvalue weighted by Crippen LogP contribution is -2.31. The van der Waals surface area contributed by atoms with Crippen LogP contribution < -0.4 is 15.1 Å². The Bertz CT molecular complexity index is 1670. The van der Waals surface area contributed by atoms with Crippen molar-refractivity contribution in [1.82, 2.24) is 20.2 Å². The lowest BCUT2D eigenvalue weighted by molar-refractivity contribution is -0.274. The number of para-hydroxylation sites is 1. The van der Waals surface area contributed by atoms with Gasteiger partial charge in [-0.05, 0) is 53.9 Å². The minimum atomic E-state index is -4.77. The van der Waals surface area contributed by atoms with Crippen molar-refractivity contribution in [3.8, 4) is 22.8 Å². The largest absolute Gasteiger partial charge is 0.573 e. The van der Waals surface area contributed by atoms with Gasteiger partial charge in [0.15, 0.2) is 11.0 Å². The molecule has 3 aromatic carbocycles. The molecule has 214 valence electrons. The number of hydrazone groups is 1. The highest BCUT2D eigenvalue weighted by atomic mass is 32.2. The molecule has 1 aliphatic rings. The number of halogens is 3. The number of nitrogens with one attached hydrogen (secondary N) is 1. The van der Waals surface area contributed by atoms with Crippen molar-refractivity contribution >= 4 is 40.8 Å². The fourth-order valence-electron chi connectivity index (χ4n) is 4.06. The number of alkyl halides is 3. The van der Waals surface area contributed by atoms with Crippen LogP contribution in [0.1, 0.15) is 18.1 Å². The summed E-state index contributed by atoms with van der Waals surface area (Å²) in [6.45, 7) is 1.99. The molecular weight excluding hydrogens is 571 g/mol. The Hall–Kier alpha value is -4.98. The summed E-state index contributed by atoms with van der Waals surface area (Å²) >= 11 is 1.18. The highest BCUT2D eigenvalue weighted by molar-refractivity contribution is 8.15. The normalized spacial score (nSPS) is 14.6. The average molecular weight is 594 g/mol. The van der Waals surface area contributed by atoms with E-state index in [1.165, 1.54) is 58.2 Å². The van der Waals surface area contributed by atoms with E-state index in [0.717, 1.165) is 12.0 Å². The van der Waals surface area contributed by atoms with E-state index in [0.29, 0.717) is 28.3 Å². The number of carbonyl (C=O) groups excluding carboxylic acids is 2. The maximum atomic E-state index is 12.5. The summed E-state index contributed by atoms with van der Waals surface area (Å²) in [5.74, 6) is 0.0524. The highest BCUT2D eigenvalue weighted by Gasteiger charge is 2.32. The summed E-state index contributed by atoms with van der Waals surface area (Å²) in [5, 5.41) is 8.64. The molecule has 3 amide bonds. The third kappa shape index (κ3) is 6.83. The van der Waals surface area contributed by atoms with Crippen molar-refractivity contribution in [1.29, 1.82) is 0 Å². The molecule has 0 aliphatic carbocycles. The van der Waals surface area contributed by atoms with Gasteiger partial charge in [-0.2, -0.15) is 10.1 Å². The first-order chi connectivity index (χ1) is 20.2. The SMILES string of the molecule is CCc1ccccc1N1C(=O)CS/C1=N\C(=O)N/N=C/c1cccc(-c2ncn(-c3ccc(OC(F)(F)F)cc3)n2)c1. The number of nitrogens with zero attached hydrogens (tertiary/aromatic N) is 6. The van der Waals surface area contributed by atoms with E-state index in [1.54, 1.807) is 24.3 Å². The first-order valence-corrected chi connectivity index (χ1v) is 13.5. The molecule has 0 saturated carbocycles. The molecule has 0 unspecified atom stereocenters. The van der Waals surface area contributed by atoms with Gasteiger partial charge in [0.1, 0.15) is 12.1 Å². The van der Waals surface area contributed by atoms with Crippen LogP contribution in [-0.2, 0) is 11.2 Å². The van der Waals surface area contributed by atoms with E-state index < -0.39 is 12.4 Å². The summed E-state index contributed by atoms with van der Waals surface area (Å²) in [7, 11) is 0. The topological polar surface area (TPSA) is 114 Å². The highest BCUT2D eigenvalue weighted by Crippen LogP contribution is 2.30. The molecular formula is C28H22F3N7O3S. The summed E-state index contributed by atoms with van der Waals surface area (Å²) < 4.78 is 42.5. The molecule has 42 heavy (non-hydrogen) atoms. The number of thioether (sulfide) groups is 1. The third-order valence-corrected chi connectivity index (χ3v) is 6.84. The van der Waals surface area contributed by atoms with Gasteiger partial charge in [-0.1, -0.05) is 55.1 Å². The number of amides is 3. The summed E-state index contributed by atoms with van der Waals surface area (Å²) in [5.41, 5.74) is 5.79. The fraction of sp³-hybridized carbons (Fsp3) is 0.143. The second-order valence-corrected chi connectivity index (χ2v) is 9.69. The van der Waals surface area contributed by atoms with Gasteiger partial charge in [-0.15, -0.1) is 18.3 Å². The Labute approximate surface area is 241 Å². The first kappa shape index (κ1) is 28.5. The van der Waals surface area contributed by atoms with Crippen LogP contribution in [-0.4, -0.2) is 50.2 Å². The van der Waals surface area contributed by atoms with E-state index in [2.05, 4.69) is 30.3 Å². The first-order valence-electron chi connectivity index (χ1n) is 12.5. The number of benzene rings is 3. The molecule has 1 aromatic heterocycles. The van der Waals surface area contributed by atoms with E-state index in [1.807, 2.05) is 31.2 Å². The number of amidine groups is 1. The number of aryl methyl sites for hydroxylation is 1. The molecule has 0 radical (unpaired) electrons. The molecule has 0 spiro atoms. The zero-order chi connectivity index (χ0) is 29.7. The van der Waals surface area contributed by atoms with Gasteiger partial charge in [0.2, 0.25) is 5.91 Å². The van der Waals surface area contributed by atoms with Gasteiger partial charge in [0.25, 0.3) is 0 Å². The molecule has 1 saturated heterocycles. The summed E-state index contributed by atoms with van der Waals surface area (Å²) in [6.07, 6.45) is -1.19. The van der Waals surface area contributed by atoms with Crippen molar-refractivity contribution in [3.63, 3.8) is 0 Å². The van der Waals surface area contributed by atoms with Gasteiger partial charge < -0.3 is 4.74 Å². The molecule has 1 fully saturated rings. The number of aliphatic imine (C=N–C) groups is 1. The van der Waals surface area contributed by atoms with Crippen LogP contribution in [0.3, 0.4) is 0 Å². The quantitative estimate of drug-likeness (QED) is 0.221. The Morgan fingerprint density at radius 1 is 1.12 bits per heavy atom. The minimum Gasteiger partial charge on any atom is -0.406 e. The second-order valence-electron chi connectivity index (χ2n) is 8.75. The Morgan fingerprint density at radius 2 is 1.90 bits per heavy atom. The molecule has 5 rings (SSSR count). The van der Waals surface area contributed by atoms with E-state index in [4.69, 9.17) is 0 Å². The molecule has 2 heterocycles. The number of rotatable bonds is 7. The Morgan fingerprint density at radius 3 is 2.67 bits per heavy atom. The van der Waals surface area contributed by atoms with Gasteiger partial charge in [-0.3, -0.25) is 9.69 Å². The van der Waals surface area contributed by atoms with Crippen LogP contribution in [0, 0.1) is 0 Å². The number of hydrogen-bond acceptors (Lipinski definition) is 7. The number of carbonyl (C=O) groups is 2. The molecule has 0 atom stereocenters. The Balaban J connectivity index is 1.24. The number of aromatic nitrogens is 3. The van der Waals surface area contributed by atoms with Crippen molar-refractivity contribution < 1.29 is 27.5 Å². The molecule has 4 aromatic rings. The van der Waals surface area contributed by atoms with Gasteiger partial charge >= 0.3 is 12.4 Å². The predicted octanol–water partition coefficient (Wildman–Crippen LogP) is 5.57. The van der Waals surface area contributed by atoms with E-state index >= 15 is 0 Å². The fourth-order valence-corrected chi connectivity index (χ4v) is 4.92. The zero-order valence-corrected chi connectivity index (χ0v) is 22.8. The van der Waals surface area contributed by atoms with E-state index in [9.17, 15) is 22.8 Å². The monoisotopic (exact) mass is 593 g/mol. The molecule has 1 N–H and O–H groups in total. The number of urea groups is 1. The second kappa shape index (κ2) is 12.3. The standard InChI is InChI=1S/C28H22F3N7O3S/c1-2-19-7-3-4-9-23(19)38-24(39)16-42-27(38)34-26(40)35-33-15-18-6-5-8-20(14-18)25-32-17-37(36-25)21-10-12-22(13-11-21)41-28(29,30)31/h3-15,17H,2,16H2,1H3,(H,35,40)/b33-15+,34-27-. The number of hydrogen-bond donors (Lipinski definition) is 1. The number of anilines is 1. The molecule has 10 nitrogen and oxygen atoms in total. The van der Waals surface area contributed by atoms with Crippen LogP contribution in [0.2, 0.25) is 0 Å². The lowest BCUT2D eigenvalue weighted by atomic mass is 10.1. The molecule has 0 bridgehead atoms. The van der Waals surface area contributed by atoms with Gasteiger partial charge in [-0.25, -0.2) is 19.9 Å². The van der Waals surface area contributed by atoms with Crippen molar-refractivity contribution in [2.45, 2.75) is 19.7 Å². The number of ether oxygens (including phenoxy) is 1. The van der Waals surface area contributed by atoms with Gasteiger partial charge in [0.05, 0.1) is 23.3 Å². The molecule has 14 heteroatoms. The van der Waals surface area contributed by atoms with Crippen LogP contribution in [0.4, 0.5) is 23.7 Å². The lowest BCUT2D eigenvalue weighted by Gasteiger charge is -2.18. The summed E-state index contributed by atoms with van der Waals surface area (Å²) in [6, 6.07) is 19.0. The maximum Gasteiger partial charge on any atom is 0.573 e. The smallest absolute Gasteiger partial charge is 0.406 e. The minimum absolute atomic E-state index is 0.156.